The highest BCUT2D eigenvalue weighted by Gasteiger charge is 2.14. The zero-order chi connectivity index (χ0) is 13.9. The van der Waals surface area contributed by atoms with Crippen molar-refractivity contribution in [3.8, 4) is 0 Å². The summed E-state index contributed by atoms with van der Waals surface area (Å²) in [6.45, 7) is 0.215. The van der Waals surface area contributed by atoms with E-state index in [2.05, 4.69) is 15.1 Å². The van der Waals surface area contributed by atoms with E-state index in [0.29, 0.717) is 0 Å². The Kier molecular flexibility index (Phi) is 3.87. The summed E-state index contributed by atoms with van der Waals surface area (Å²) in [4.78, 5) is 0.244. The molecule has 1 heterocycles. The third-order valence-corrected chi connectivity index (χ3v) is 4.24. The molecule has 0 saturated heterocycles. The third-order valence-electron chi connectivity index (χ3n) is 2.82. The highest BCUT2D eigenvalue weighted by molar-refractivity contribution is 7.89. The van der Waals surface area contributed by atoms with E-state index in [-0.39, 0.29) is 11.4 Å². The molecule has 102 valence electrons. The van der Waals surface area contributed by atoms with Crippen LogP contribution in [0.15, 0.2) is 41.4 Å². The first-order valence-electron chi connectivity index (χ1n) is 5.77. The smallest absolute Gasteiger partial charge is 0.240 e. The van der Waals surface area contributed by atoms with E-state index in [4.69, 9.17) is 0 Å². The largest absolute Gasteiger partial charge is 0.388 e. The molecule has 0 atom stereocenters. The van der Waals surface area contributed by atoms with Crippen molar-refractivity contribution in [2.45, 2.75) is 11.4 Å². The lowest BCUT2D eigenvalue weighted by Gasteiger charge is -2.08. The second-order valence-electron chi connectivity index (χ2n) is 4.05. The zero-order valence-corrected chi connectivity index (χ0v) is 11.6. The van der Waals surface area contributed by atoms with Crippen molar-refractivity contribution in [3.63, 3.8) is 0 Å². The molecule has 0 radical (unpaired) electrons. The third kappa shape index (κ3) is 3.12. The van der Waals surface area contributed by atoms with Crippen LogP contribution in [-0.2, 0) is 23.6 Å². The molecule has 0 aliphatic rings. The average molecular weight is 280 g/mol. The second kappa shape index (κ2) is 5.41. The maximum Gasteiger partial charge on any atom is 0.240 e. The number of aromatic nitrogens is 2. The van der Waals surface area contributed by atoms with E-state index in [1.165, 1.54) is 0 Å². The minimum absolute atomic E-state index is 0.215. The van der Waals surface area contributed by atoms with Gasteiger partial charge in [0.05, 0.1) is 17.1 Å². The normalized spacial score (nSPS) is 11.5. The molecule has 2 rings (SSSR count). The van der Waals surface area contributed by atoms with Gasteiger partial charge in [0.15, 0.2) is 0 Å². The minimum atomic E-state index is -3.50. The molecule has 0 bridgehead atoms. The Labute approximate surface area is 112 Å². The molecular weight excluding hydrogens is 264 g/mol. The molecule has 1 aromatic carbocycles. The number of hydrogen-bond donors (Lipinski definition) is 2. The minimum Gasteiger partial charge on any atom is -0.388 e. The van der Waals surface area contributed by atoms with Gasteiger partial charge in [0, 0.05) is 26.0 Å². The van der Waals surface area contributed by atoms with Gasteiger partial charge < -0.3 is 5.32 Å². The SMILES string of the molecule is CNc1ccc(S(=O)(=O)NCc2ccnn2C)cc1. The number of anilines is 1. The molecule has 0 fully saturated rings. The van der Waals surface area contributed by atoms with Gasteiger partial charge in [-0.05, 0) is 30.3 Å². The molecule has 6 nitrogen and oxygen atoms in total. The Balaban J connectivity index is 2.11. The van der Waals surface area contributed by atoms with Gasteiger partial charge in [-0.15, -0.1) is 0 Å². The van der Waals surface area contributed by atoms with Gasteiger partial charge in [-0.3, -0.25) is 4.68 Å². The molecular formula is C12H16N4O2S. The monoisotopic (exact) mass is 280 g/mol. The summed E-state index contributed by atoms with van der Waals surface area (Å²) in [7, 11) is 0.0541. The van der Waals surface area contributed by atoms with Crippen molar-refractivity contribution in [1.82, 2.24) is 14.5 Å². The highest BCUT2D eigenvalue weighted by atomic mass is 32.2. The van der Waals surface area contributed by atoms with E-state index in [1.807, 2.05) is 0 Å². The van der Waals surface area contributed by atoms with Crippen molar-refractivity contribution >= 4 is 15.7 Å². The van der Waals surface area contributed by atoms with Crippen molar-refractivity contribution in [3.05, 3.63) is 42.2 Å². The van der Waals surface area contributed by atoms with Crippen molar-refractivity contribution < 1.29 is 8.42 Å². The molecule has 2 N–H and O–H groups in total. The molecule has 0 amide bonds. The number of benzene rings is 1. The first-order valence-corrected chi connectivity index (χ1v) is 7.25. The molecule has 19 heavy (non-hydrogen) atoms. The van der Waals surface area contributed by atoms with Crippen LogP contribution in [0.1, 0.15) is 5.69 Å². The van der Waals surface area contributed by atoms with Crippen molar-refractivity contribution in [2.24, 2.45) is 7.05 Å². The Morgan fingerprint density at radius 1 is 1.21 bits per heavy atom. The lowest BCUT2D eigenvalue weighted by molar-refractivity contribution is 0.577. The summed E-state index contributed by atoms with van der Waals surface area (Å²) in [5.41, 5.74) is 1.67. The lowest BCUT2D eigenvalue weighted by atomic mass is 10.3. The van der Waals surface area contributed by atoms with Gasteiger partial charge in [-0.2, -0.15) is 5.10 Å². The summed E-state index contributed by atoms with van der Waals surface area (Å²) >= 11 is 0. The van der Waals surface area contributed by atoms with E-state index in [0.717, 1.165) is 11.4 Å². The lowest BCUT2D eigenvalue weighted by Crippen LogP contribution is -2.24. The fourth-order valence-corrected chi connectivity index (χ4v) is 2.63. The van der Waals surface area contributed by atoms with Crippen LogP contribution in [0.4, 0.5) is 5.69 Å². The topological polar surface area (TPSA) is 76.0 Å². The van der Waals surface area contributed by atoms with E-state index in [9.17, 15) is 8.42 Å². The van der Waals surface area contributed by atoms with Crippen molar-refractivity contribution in [2.75, 3.05) is 12.4 Å². The van der Waals surface area contributed by atoms with E-state index < -0.39 is 10.0 Å². The van der Waals surface area contributed by atoms with Crippen LogP contribution >= 0.6 is 0 Å². The second-order valence-corrected chi connectivity index (χ2v) is 5.81. The molecule has 0 aliphatic heterocycles. The molecule has 7 heteroatoms. The number of nitrogens with one attached hydrogen (secondary N) is 2. The van der Waals surface area contributed by atoms with Gasteiger partial charge >= 0.3 is 0 Å². The van der Waals surface area contributed by atoms with Gasteiger partial charge in [-0.1, -0.05) is 0 Å². The predicted molar refractivity (Wildman–Crippen MR) is 73.2 cm³/mol. The average Bonchev–Trinajstić information content (AvgIpc) is 2.82. The molecule has 1 aromatic heterocycles. The van der Waals surface area contributed by atoms with Crippen LogP contribution in [0.25, 0.3) is 0 Å². The first-order chi connectivity index (χ1) is 9.03. The summed E-state index contributed by atoms with van der Waals surface area (Å²) < 4.78 is 28.3. The maximum atomic E-state index is 12.1. The molecule has 0 spiro atoms. The molecule has 2 aromatic rings. The fraction of sp³-hybridized carbons (Fsp3) is 0.250. The maximum absolute atomic E-state index is 12.1. The number of hydrogen-bond acceptors (Lipinski definition) is 4. The number of nitrogens with zero attached hydrogens (tertiary/aromatic N) is 2. The van der Waals surface area contributed by atoms with Crippen LogP contribution in [0, 0.1) is 0 Å². The summed E-state index contributed by atoms with van der Waals surface area (Å²) in [6, 6.07) is 8.35. The highest BCUT2D eigenvalue weighted by Crippen LogP contribution is 2.13. The Hall–Kier alpha value is -1.86. The molecule has 0 unspecified atom stereocenters. The van der Waals surface area contributed by atoms with Crippen LogP contribution in [0.5, 0.6) is 0 Å². The van der Waals surface area contributed by atoms with Crippen LogP contribution in [-0.4, -0.2) is 25.2 Å². The standard InChI is InChI=1S/C12H16N4O2S/c1-13-10-3-5-12(6-4-10)19(17,18)15-9-11-7-8-14-16(11)2/h3-8,13,15H,9H2,1-2H3. The van der Waals surface area contributed by atoms with Gasteiger partial charge in [-0.25, -0.2) is 13.1 Å². The Bertz CT molecular complexity index is 647. The van der Waals surface area contributed by atoms with E-state index >= 15 is 0 Å². The van der Waals surface area contributed by atoms with Crippen LogP contribution in [0.3, 0.4) is 0 Å². The predicted octanol–water partition coefficient (Wildman–Crippen LogP) is 0.940. The number of aryl methyl sites for hydroxylation is 1. The fourth-order valence-electron chi connectivity index (χ4n) is 1.63. The number of sulfonamides is 1. The molecule has 0 saturated carbocycles. The van der Waals surface area contributed by atoms with Crippen LogP contribution in [0.2, 0.25) is 0 Å². The summed E-state index contributed by atoms with van der Waals surface area (Å²) in [5, 5.41) is 6.93. The molecule has 0 aliphatic carbocycles. The van der Waals surface area contributed by atoms with Gasteiger partial charge in [0.2, 0.25) is 10.0 Å². The van der Waals surface area contributed by atoms with Crippen LogP contribution < -0.4 is 10.0 Å². The first kappa shape index (κ1) is 13.6. The Morgan fingerprint density at radius 3 is 2.42 bits per heavy atom. The van der Waals surface area contributed by atoms with Gasteiger partial charge in [0.25, 0.3) is 0 Å². The van der Waals surface area contributed by atoms with Gasteiger partial charge in [0.1, 0.15) is 0 Å². The number of rotatable bonds is 5. The Morgan fingerprint density at radius 2 is 1.89 bits per heavy atom. The zero-order valence-electron chi connectivity index (χ0n) is 10.8. The quantitative estimate of drug-likeness (QED) is 0.854. The van der Waals surface area contributed by atoms with Crippen molar-refractivity contribution in [1.29, 1.82) is 0 Å². The summed E-state index contributed by atoms with van der Waals surface area (Å²) in [6.07, 6.45) is 1.63. The summed E-state index contributed by atoms with van der Waals surface area (Å²) in [5.74, 6) is 0. The van der Waals surface area contributed by atoms with E-state index in [1.54, 1.807) is 55.3 Å².